The second-order valence-corrected chi connectivity index (χ2v) is 4.20. The maximum Gasteiger partial charge on any atom is 0.327 e. The van der Waals surface area contributed by atoms with E-state index in [9.17, 15) is 9.59 Å². The van der Waals surface area contributed by atoms with Gasteiger partial charge in [0.2, 0.25) is 0 Å². The van der Waals surface area contributed by atoms with Gasteiger partial charge in [-0.05, 0) is 6.42 Å². The molecular formula is C16H34N2O8. The quantitative estimate of drug-likeness (QED) is 0.169. The van der Waals surface area contributed by atoms with Crippen molar-refractivity contribution in [1.82, 2.24) is 5.32 Å². The lowest BCUT2D eigenvalue weighted by molar-refractivity contribution is -0.132. The van der Waals surface area contributed by atoms with Crippen LogP contribution < -0.4 is 11.1 Å². The van der Waals surface area contributed by atoms with Gasteiger partial charge in [-0.15, -0.1) is 0 Å². The number of nitrogens with two attached hydrogens (primary N) is 1. The molecule has 0 aliphatic carbocycles. The first-order valence-electron chi connectivity index (χ1n) is 7.86. The van der Waals surface area contributed by atoms with Crippen LogP contribution in [-0.2, 0) is 14.3 Å². The summed E-state index contributed by atoms with van der Waals surface area (Å²) in [6.45, 7) is 10.7. The molecule has 0 aliphatic rings. The van der Waals surface area contributed by atoms with Crippen LogP contribution in [0.3, 0.4) is 0 Å². The Bertz CT molecular complexity index is 305. The molecule has 0 aromatic rings. The lowest BCUT2D eigenvalue weighted by Gasteiger charge is -2.07. The maximum absolute atomic E-state index is 9.25. The number of aliphatic carboxylic acids is 2. The molecule has 0 heterocycles. The highest BCUT2D eigenvalue weighted by molar-refractivity contribution is 5.79. The van der Waals surface area contributed by atoms with Gasteiger partial charge >= 0.3 is 11.9 Å². The Morgan fingerprint density at radius 3 is 1.73 bits per heavy atom. The van der Waals surface area contributed by atoms with E-state index in [1.807, 2.05) is 6.92 Å². The standard InChI is InChI=1S/C6H16N2O.C4H10O3.2C3H4O2/c1-2-6(9)5-8-4-3-7;5-1-3-7-4-2-6;2*1-2-3(4)5/h6,8-9H,2-5,7H2,1H3;5-6H,1-4H2;2*2H,1H2,(H,4,5). The predicted molar refractivity (Wildman–Crippen MR) is 98.9 cm³/mol. The molecule has 0 aromatic heterocycles. The first-order valence-corrected chi connectivity index (χ1v) is 7.86. The van der Waals surface area contributed by atoms with Crippen molar-refractivity contribution in [3.63, 3.8) is 0 Å². The van der Waals surface area contributed by atoms with Crippen LogP contribution in [0.5, 0.6) is 0 Å². The minimum absolute atomic E-state index is 0.0278. The average molecular weight is 382 g/mol. The van der Waals surface area contributed by atoms with E-state index in [1.54, 1.807) is 0 Å². The third-order valence-electron chi connectivity index (χ3n) is 1.99. The molecule has 1 unspecified atom stereocenters. The maximum atomic E-state index is 9.25. The highest BCUT2D eigenvalue weighted by atomic mass is 16.5. The Morgan fingerprint density at radius 1 is 1.12 bits per heavy atom. The summed E-state index contributed by atoms with van der Waals surface area (Å²) < 4.78 is 4.63. The van der Waals surface area contributed by atoms with Crippen LogP contribution in [0.15, 0.2) is 25.3 Å². The number of hydrogen-bond donors (Lipinski definition) is 7. The zero-order valence-corrected chi connectivity index (χ0v) is 15.3. The van der Waals surface area contributed by atoms with E-state index in [0.29, 0.717) is 26.3 Å². The number of carbonyl (C=O) groups is 2. The van der Waals surface area contributed by atoms with Crippen LogP contribution in [0, 0.1) is 0 Å². The highest BCUT2D eigenvalue weighted by Gasteiger charge is 1.96. The molecule has 156 valence electrons. The Balaban J connectivity index is -0.000000128. The molecule has 10 nitrogen and oxygen atoms in total. The lowest BCUT2D eigenvalue weighted by Crippen LogP contribution is -2.30. The molecule has 0 amide bonds. The van der Waals surface area contributed by atoms with Gasteiger partial charge in [-0.1, -0.05) is 20.1 Å². The molecule has 0 radical (unpaired) electrons. The van der Waals surface area contributed by atoms with E-state index in [-0.39, 0.29) is 19.3 Å². The number of carboxylic acids is 2. The molecule has 0 saturated carbocycles. The van der Waals surface area contributed by atoms with Gasteiger partial charge in [0.05, 0.1) is 32.5 Å². The van der Waals surface area contributed by atoms with Crippen LogP contribution in [0.4, 0.5) is 0 Å². The van der Waals surface area contributed by atoms with E-state index >= 15 is 0 Å². The fraction of sp³-hybridized carbons (Fsp3) is 0.625. The van der Waals surface area contributed by atoms with Crippen LogP contribution >= 0.6 is 0 Å². The average Bonchev–Trinajstić information content (AvgIpc) is 2.63. The number of aliphatic hydroxyl groups excluding tert-OH is 3. The number of ether oxygens (including phenoxy) is 1. The molecule has 0 fully saturated rings. The first kappa shape index (κ1) is 31.9. The van der Waals surface area contributed by atoms with Gasteiger partial charge in [0.15, 0.2) is 0 Å². The van der Waals surface area contributed by atoms with Crippen LogP contribution in [0.1, 0.15) is 13.3 Å². The second kappa shape index (κ2) is 31.0. The molecule has 8 N–H and O–H groups in total. The fourth-order valence-electron chi connectivity index (χ4n) is 0.746. The van der Waals surface area contributed by atoms with E-state index in [4.69, 9.17) is 31.3 Å². The topological polar surface area (TPSA) is 183 Å². The Morgan fingerprint density at radius 2 is 1.50 bits per heavy atom. The minimum Gasteiger partial charge on any atom is -0.478 e. The summed E-state index contributed by atoms with van der Waals surface area (Å²) in [6.07, 6.45) is 2.26. The summed E-state index contributed by atoms with van der Waals surface area (Å²) in [5, 5.41) is 43.4. The van der Waals surface area contributed by atoms with Crippen LogP contribution in [-0.4, -0.2) is 89.6 Å². The largest absolute Gasteiger partial charge is 0.478 e. The van der Waals surface area contributed by atoms with Crippen molar-refractivity contribution in [3.8, 4) is 0 Å². The molecule has 0 aliphatic heterocycles. The van der Waals surface area contributed by atoms with Crippen molar-refractivity contribution in [2.45, 2.75) is 19.4 Å². The number of rotatable bonds is 11. The Kier molecular flexibility index (Phi) is 38.0. The molecule has 0 aromatic carbocycles. The molecule has 0 bridgehead atoms. The number of hydrogen-bond acceptors (Lipinski definition) is 8. The predicted octanol–water partition coefficient (Wildman–Crippen LogP) is -1.19. The second-order valence-electron chi connectivity index (χ2n) is 4.20. The monoisotopic (exact) mass is 382 g/mol. The molecule has 0 spiro atoms. The van der Waals surface area contributed by atoms with E-state index in [1.165, 1.54) is 0 Å². The van der Waals surface area contributed by atoms with Gasteiger partial charge < -0.3 is 41.3 Å². The lowest BCUT2D eigenvalue weighted by atomic mass is 10.3. The Hall–Kier alpha value is -1.82. The van der Waals surface area contributed by atoms with E-state index in [0.717, 1.165) is 25.1 Å². The zero-order valence-electron chi connectivity index (χ0n) is 15.3. The summed E-state index contributed by atoms with van der Waals surface area (Å²) in [4.78, 5) is 18.5. The molecule has 1 atom stereocenters. The van der Waals surface area contributed by atoms with Crippen molar-refractivity contribution in [1.29, 1.82) is 0 Å². The first-order chi connectivity index (χ1) is 12.3. The zero-order chi connectivity index (χ0) is 21.2. The smallest absolute Gasteiger partial charge is 0.327 e. The van der Waals surface area contributed by atoms with Crippen molar-refractivity contribution in [2.24, 2.45) is 5.73 Å². The summed E-state index contributed by atoms with van der Waals surface area (Å²) in [6, 6.07) is 0. The van der Waals surface area contributed by atoms with Crippen molar-refractivity contribution in [3.05, 3.63) is 25.3 Å². The normalized spacial score (nSPS) is 9.73. The van der Waals surface area contributed by atoms with Gasteiger partial charge in [-0.3, -0.25) is 0 Å². The van der Waals surface area contributed by atoms with Crippen molar-refractivity contribution >= 4 is 11.9 Å². The van der Waals surface area contributed by atoms with Crippen LogP contribution in [0.25, 0.3) is 0 Å². The summed E-state index contributed by atoms with van der Waals surface area (Å²) in [7, 11) is 0. The van der Waals surface area contributed by atoms with Gasteiger partial charge in [-0.2, -0.15) is 0 Å². The number of carboxylic acid groups (broad SMARTS) is 2. The van der Waals surface area contributed by atoms with Crippen LogP contribution in [0.2, 0.25) is 0 Å². The highest BCUT2D eigenvalue weighted by Crippen LogP contribution is 1.84. The molecule has 0 rings (SSSR count). The van der Waals surface area contributed by atoms with Gasteiger partial charge in [0, 0.05) is 31.8 Å². The summed E-state index contributed by atoms with van der Waals surface area (Å²) >= 11 is 0. The van der Waals surface area contributed by atoms with Gasteiger partial charge in [0.25, 0.3) is 0 Å². The molecule has 10 heteroatoms. The number of aliphatic hydroxyl groups is 3. The third kappa shape index (κ3) is 57.3. The van der Waals surface area contributed by atoms with Crippen molar-refractivity contribution in [2.75, 3.05) is 46.1 Å². The summed E-state index contributed by atoms with van der Waals surface area (Å²) in [5.41, 5.74) is 5.21. The minimum atomic E-state index is -0.981. The van der Waals surface area contributed by atoms with E-state index in [2.05, 4.69) is 23.2 Å². The SMILES string of the molecule is C=CC(=O)O.C=CC(=O)O.CCC(O)CNCCN.OCCOCCO. The third-order valence-corrected chi connectivity index (χ3v) is 1.99. The van der Waals surface area contributed by atoms with Gasteiger partial charge in [-0.25, -0.2) is 9.59 Å². The molecular weight excluding hydrogens is 348 g/mol. The Labute approximate surface area is 154 Å². The molecule has 0 saturated heterocycles. The fourth-order valence-corrected chi connectivity index (χ4v) is 0.746. The van der Waals surface area contributed by atoms with Gasteiger partial charge in [0.1, 0.15) is 0 Å². The van der Waals surface area contributed by atoms with E-state index < -0.39 is 11.9 Å². The molecule has 26 heavy (non-hydrogen) atoms. The van der Waals surface area contributed by atoms with Crippen molar-refractivity contribution < 1.29 is 39.9 Å². The number of nitrogens with one attached hydrogen (secondary N) is 1. The summed E-state index contributed by atoms with van der Waals surface area (Å²) in [5.74, 6) is -1.96.